The standard InChI is InChI=1S/C42H71N3O31/c1-10(51)43-19-26(58)33(15(6-48)67-37(19)65)73-39-21(45-12(3)53)27(59)34(16(7-49)70-39)75-42-32(64)36(24(56)18(72-42)9-66-40-30(62)28(60)23(55)14(5-47)69-40)76-41-31(63)29(61)35(17(8-50)71-41)74-38-20(44-11(2)52)25(57)22(54)13(4-46)68-38/h13-42,46-50,54-65H,4-9H2,1-3H3,(H,43,51)(H,44,52)(H,45,53)/t13-,14-,15-,16-,17-,18-,19-,20-,21-,22-,23-,24-,25-,26-,27-,28+,29-,30+,31+,32+,33-,34-,35-,36+,37-,38+,39+,40+,41-,42+/m1/s1. The fourth-order valence-corrected chi connectivity index (χ4v) is 9.63. The topological polar surface area (TPSA) is 533 Å². The molecule has 34 heteroatoms. The predicted octanol–water partition coefficient (Wildman–Crippen LogP) is -13.7. The van der Waals surface area contributed by atoms with Gasteiger partial charge in [0.2, 0.25) is 17.7 Å². The third kappa shape index (κ3) is 13.7. The maximum Gasteiger partial charge on any atom is 0.217 e. The fourth-order valence-electron chi connectivity index (χ4n) is 9.63. The highest BCUT2D eigenvalue weighted by molar-refractivity contribution is 5.74. The molecule has 0 spiro atoms. The Morgan fingerprint density at radius 3 is 1.21 bits per heavy atom. The molecule has 76 heavy (non-hydrogen) atoms. The normalized spacial score (nSPS) is 48.2. The largest absolute Gasteiger partial charge is 0.394 e. The zero-order valence-corrected chi connectivity index (χ0v) is 40.9. The Kier molecular flexibility index (Phi) is 22.3. The van der Waals surface area contributed by atoms with E-state index in [-0.39, 0.29) is 0 Å². The molecule has 34 nitrogen and oxygen atoms in total. The first-order chi connectivity index (χ1) is 35.9. The molecule has 0 aromatic heterocycles. The monoisotopic (exact) mass is 1110 g/mol. The van der Waals surface area contributed by atoms with Gasteiger partial charge in [-0.1, -0.05) is 0 Å². The van der Waals surface area contributed by atoms with E-state index in [2.05, 4.69) is 16.0 Å². The number of carbonyl (C=O) groups is 3. The van der Waals surface area contributed by atoms with Crippen molar-refractivity contribution in [1.82, 2.24) is 16.0 Å². The molecule has 6 aliphatic rings. The number of hydrogen-bond donors (Lipinski definition) is 20. The zero-order valence-electron chi connectivity index (χ0n) is 40.9. The summed E-state index contributed by atoms with van der Waals surface area (Å²) in [5.41, 5.74) is 0. The van der Waals surface area contributed by atoms with E-state index < -0.39 is 241 Å². The molecule has 3 amide bonds. The number of amides is 3. The van der Waals surface area contributed by atoms with Gasteiger partial charge in [-0.3, -0.25) is 14.4 Å². The number of nitrogens with one attached hydrogen (secondary N) is 3. The van der Waals surface area contributed by atoms with E-state index in [1.54, 1.807) is 0 Å². The predicted molar refractivity (Wildman–Crippen MR) is 234 cm³/mol. The maximum atomic E-state index is 12.6. The lowest BCUT2D eigenvalue weighted by Crippen LogP contribution is -2.70. The summed E-state index contributed by atoms with van der Waals surface area (Å²) in [5.74, 6) is -2.30. The van der Waals surface area contributed by atoms with E-state index in [9.17, 15) is 101 Å². The molecule has 0 aromatic rings. The van der Waals surface area contributed by atoms with Crippen molar-refractivity contribution in [3.63, 3.8) is 0 Å². The van der Waals surface area contributed by atoms with Gasteiger partial charge < -0.3 is 155 Å². The van der Waals surface area contributed by atoms with Gasteiger partial charge in [-0.15, -0.1) is 0 Å². The Hall–Kier alpha value is -2.71. The molecule has 0 radical (unpaired) electrons. The number of hydrogen-bond acceptors (Lipinski definition) is 31. The van der Waals surface area contributed by atoms with Gasteiger partial charge in [-0.05, 0) is 0 Å². The Morgan fingerprint density at radius 2 is 0.697 bits per heavy atom. The SMILES string of the molecule is CC(=O)N[C@@H]1[C@@H](O)[C@H](O[C@@H]2O[C@H](CO)[C@@H](O[C@@H]3O[C@H](CO[C@H]4O[C@H](CO)[C@@H](O)[C@H](O)[C@@H]4O)[C@@H](O)[C@H](O[C@H]4O[C@H](CO)[C@@H](O[C@@H]5O[C@H](CO)[C@@H](O)[C@H](O)[C@H]5NC(C)=O)[C@H](O)[C@@H]4O)[C@@H]3O)[C@H](O)[C@H]2NC(C)=O)[C@@H](CO)O[C@H]1O. The molecule has 6 fully saturated rings. The Labute approximate surface area is 431 Å². The summed E-state index contributed by atoms with van der Waals surface area (Å²) in [6, 6.07) is -4.86. The second kappa shape index (κ2) is 27.2. The third-order valence-corrected chi connectivity index (χ3v) is 13.6. The van der Waals surface area contributed by atoms with Crippen molar-refractivity contribution >= 4 is 17.7 Å². The van der Waals surface area contributed by atoms with Gasteiger partial charge in [0.15, 0.2) is 37.7 Å². The van der Waals surface area contributed by atoms with Gasteiger partial charge in [0.05, 0.1) is 39.6 Å². The Morgan fingerprint density at radius 1 is 0.342 bits per heavy atom. The van der Waals surface area contributed by atoms with Crippen molar-refractivity contribution in [1.29, 1.82) is 0 Å². The van der Waals surface area contributed by atoms with E-state index in [1.165, 1.54) is 0 Å². The van der Waals surface area contributed by atoms with E-state index in [0.717, 1.165) is 20.8 Å². The third-order valence-electron chi connectivity index (χ3n) is 13.6. The summed E-state index contributed by atoms with van der Waals surface area (Å²) in [7, 11) is 0. The summed E-state index contributed by atoms with van der Waals surface area (Å²) in [5, 5.41) is 190. The van der Waals surface area contributed by atoms with Crippen LogP contribution in [-0.2, 0) is 66.5 Å². The molecule has 6 saturated heterocycles. The van der Waals surface area contributed by atoms with Gasteiger partial charge in [0.25, 0.3) is 0 Å². The van der Waals surface area contributed by atoms with Crippen molar-refractivity contribution in [2.75, 3.05) is 39.6 Å². The van der Waals surface area contributed by atoms with Crippen LogP contribution in [0.1, 0.15) is 20.8 Å². The summed E-state index contributed by atoms with van der Waals surface area (Å²) in [4.78, 5) is 36.5. The van der Waals surface area contributed by atoms with E-state index in [4.69, 9.17) is 52.1 Å². The average Bonchev–Trinajstić information content (AvgIpc) is 3.37. The highest BCUT2D eigenvalue weighted by atomic mass is 16.8. The van der Waals surface area contributed by atoms with Crippen molar-refractivity contribution in [2.24, 2.45) is 0 Å². The summed E-state index contributed by atoms with van der Waals surface area (Å²) < 4.78 is 63.1. The molecule has 6 heterocycles. The molecule has 30 atom stereocenters. The van der Waals surface area contributed by atoms with Crippen LogP contribution in [0.25, 0.3) is 0 Å². The molecule has 0 unspecified atom stereocenters. The Balaban J connectivity index is 1.27. The average molecular weight is 1110 g/mol. The van der Waals surface area contributed by atoms with E-state index >= 15 is 0 Å². The minimum absolute atomic E-state index is 0.719. The van der Waals surface area contributed by atoms with E-state index in [0.29, 0.717) is 0 Å². The second-order valence-corrected chi connectivity index (χ2v) is 19.0. The lowest BCUT2D eigenvalue weighted by molar-refractivity contribution is -0.389. The van der Waals surface area contributed by atoms with Gasteiger partial charge >= 0.3 is 0 Å². The van der Waals surface area contributed by atoms with Crippen LogP contribution in [0.4, 0.5) is 0 Å². The van der Waals surface area contributed by atoms with Gasteiger partial charge in [-0.25, -0.2) is 0 Å². The molecule has 440 valence electrons. The van der Waals surface area contributed by atoms with Crippen molar-refractivity contribution in [2.45, 2.75) is 205 Å². The number of ether oxygens (including phenoxy) is 11. The van der Waals surface area contributed by atoms with Crippen molar-refractivity contribution < 1.29 is 153 Å². The molecule has 6 rings (SSSR count). The van der Waals surface area contributed by atoms with Crippen LogP contribution in [0.15, 0.2) is 0 Å². The summed E-state index contributed by atoms with van der Waals surface area (Å²) in [6.45, 7) is -2.54. The zero-order chi connectivity index (χ0) is 56.2. The van der Waals surface area contributed by atoms with Crippen LogP contribution in [0, 0.1) is 0 Å². The van der Waals surface area contributed by atoms with Crippen molar-refractivity contribution in [3.05, 3.63) is 0 Å². The molecule has 0 aromatic carbocycles. The number of rotatable bonds is 19. The number of carbonyl (C=O) groups excluding carboxylic acids is 3. The van der Waals surface area contributed by atoms with Gasteiger partial charge in [-0.2, -0.15) is 0 Å². The van der Waals surface area contributed by atoms with Gasteiger partial charge in [0, 0.05) is 20.8 Å². The quantitative estimate of drug-likeness (QED) is 0.0571. The summed E-state index contributed by atoms with van der Waals surface area (Å²) in [6.07, 6.45) is -51.3. The second-order valence-electron chi connectivity index (χ2n) is 19.0. The lowest BCUT2D eigenvalue weighted by atomic mass is 9.94. The first-order valence-corrected chi connectivity index (χ1v) is 24.1. The van der Waals surface area contributed by atoms with Crippen LogP contribution in [0.3, 0.4) is 0 Å². The summed E-state index contributed by atoms with van der Waals surface area (Å²) >= 11 is 0. The highest BCUT2D eigenvalue weighted by Gasteiger charge is 2.58. The van der Waals surface area contributed by atoms with Crippen LogP contribution in [0.5, 0.6) is 0 Å². The Bertz CT molecular complexity index is 1870. The molecule has 0 bridgehead atoms. The molecular formula is C42H71N3O31. The lowest BCUT2D eigenvalue weighted by Gasteiger charge is -2.50. The van der Waals surface area contributed by atoms with Gasteiger partial charge in [0.1, 0.15) is 146 Å². The van der Waals surface area contributed by atoms with E-state index in [1.807, 2.05) is 0 Å². The van der Waals surface area contributed by atoms with Crippen molar-refractivity contribution in [3.8, 4) is 0 Å². The molecular weight excluding hydrogens is 1040 g/mol. The number of aliphatic hydroxyl groups is 17. The molecule has 20 N–H and O–H groups in total. The highest BCUT2D eigenvalue weighted by Crippen LogP contribution is 2.36. The molecule has 0 aliphatic carbocycles. The minimum Gasteiger partial charge on any atom is -0.394 e. The molecule has 6 aliphatic heterocycles. The smallest absolute Gasteiger partial charge is 0.217 e. The fraction of sp³-hybridized carbons (Fsp3) is 0.929. The van der Waals surface area contributed by atoms with Crippen LogP contribution < -0.4 is 16.0 Å². The molecule has 0 saturated carbocycles. The van der Waals surface area contributed by atoms with Crippen LogP contribution >= 0.6 is 0 Å². The van der Waals surface area contributed by atoms with Crippen LogP contribution in [0.2, 0.25) is 0 Å². The minimum atomic E-state index is -2.30. The first kappa shape index (κ1) is 62.5. The number of aliphatic hydroxyl groups excluding tert-OH is 17. The van der Waals surface area contributed by atoms with Crippen LogP contribution in [-0.4, -0.2) is 328 Å². The first-order valence-electron chi connectivity index (χ1n) is 24.1. The maximum absolute atomic E-state index is 12.6.